The van der Waals surface area contributed by atoms with Crippen molar-refractivity contribution in [3.63, 3.8) is 0 Å². The molecule has 4 N–H and O–H groups in total. The van der Waals surface area contributed by atoms with Crippen LogP contribution in [-0.4, -0.2) is 19.5 Å². The normalized spacial score (nSPS) is 10.6. The van der Waals surface area contributed by atoms with E-state index < -0.39 is 0 Å². The van der Waals surface area contributed by atoms with Crippen molar-refractivity contribution in [3.05, 3.63) is 66.0 Å². The van der Waals surface area contributed by atoms with E-state index in [2.05, 4.69) is 33.3 Å². The van der Waals surface area contributed by atoms with E-state index in [4.69, 9.17) is 16.5 Å². The van der Waals surface area contributed by atoms with E-state index in [-0.39, 0.29) is 0 Å². The first-order valence-electron chi connectivity index (χ1n) is 8.61. The second kappa shape index (κ2) is 6.81. The second-order valence-electron chi connectivity index (χ2n) is 6.03. The molecule has 0 saturated heterocycles. The number of para-hydroxylation sites is 2. The number of aromatic nitrogens is 4. The number of hydrogen-bond donors (Lipinski definition) is 2. The van der Waals surface area contributed by atoms with Crippen LogP contribution in [0.4, 0.5) is 11.5 Å². The minimum atomic E-state index is 0.332. The first kappa shape index (κ1) is 16.6. The van der Waals surface area contributed by atoms with Gasteiger partial charge in [-0.2, -0.15) is 0 Å². The molecular formula is C21H18N6. The Morgan fingerprint density at radius 3 is 2.52 bits per heavy atom. The molecule has 4 rings (SSSR count). The molecule has 0 bridgehead atoms. The van der Waals surface area contributed by atoms with Crippen LogP contribution in [0.25, 0.3) is 22.6 Å². The van der Waals surface area contributed by atoms with Gasteiger partial charge in [0, 0.05) is 17.8 Å². The Bertz CT molecular complexity index is 1180. The number of rotatable bonds is 2. The SMILES string of the molecule is CCn1c(-c2nc(C#Cc3ccc(N)cc3)cnc2N)nc2ccccc21. The molecule has 0 spiro atoms. The van der Waals surface area contributed by atoms with E-state index >= 15 is 0 Å². The lowest BCUT2D eigenvalue weighted by atomic mass is 10.2. The van der Waals surface area contributed by atoms with Crippen LogP contribution in [0.3, 0.4) is 0 Å². The minimum absolute atomic E-state index is 0.332. The molecule has 0 unspecified atom stereocenters. The van der Waals surface area contributed by atoms with Crippen molar-refractivity contribution in [3.8, 4) is 23.4 Å². The Morgan fingerprint density at radius 1 is 0.963 bits per heavy atom. The first-order chi connectivity index (χ1) is 13.2. The van der Waals surface area contributed by atoms with Crippen LogP contribution in [0.2, 0.25) is 0 Å². The number of hydrogen-bond acceptors (Lipinski definition) is 5. The van der Waals surface area contributed by atoms with Gasteiger partial charge in [-0.1, -0.05) is 18.1 Å². The molecule has 132 valence electrons. The van der Waals surface area contributed by atoms with Crippen LogP contribution in [-0.2, 0) is 6.54 Å². The minimum Gasteiger partial charge on any atom is -0.399 e. The summed E-state index contributed by atoms with van der Waals surface area (Å²) in [6.07, 6.45) is 1.57. The van der Waals surface area contributed by atoms with Crippen LogP contribution in [0.1, 0.15) is 18.2 Å². The molecule has 4 aromatic rings. The molecule has 0 atom stereocenters. The molecule has 2 aromatic heterocycles. The van der Waals surface area contributed by atoms with Gasteiger partial charge >= 0.3 is 0 Å². The van der Waals surface area contributed by atoms with Gasteiger partial charge in [0.1, 0.15) is 11.4 Å². The summed E-state index contributed by atoms with van der Waals surface area (Å²) in [5, 5.41) is 0. The Morgan fingerprint density at radius 2 is 1.74 bits per heavy atom. The molecule has 6 nitrogen and oxygen atoms in total. The fourth-order valence-corrected chi connectivity index (χ4v) is 2.90. The van der Waals surface area contributed by atoms with Crippen LogP contribution >= 0.6 is 0 Å². The molecule has 0 amide bonds. The summed E-state index contributed by atoms with van der Waals surface area (Å²) >= 11 is 0. The Hall–Kier alpha value is -3.85. The fraction of sp³-hybridized carbons (Fsp3) is 0.0952. The lowest BCUT2D eigenvalue weighted by molar-refractivity contribution is 0.792. The van der Waals surface area contributed by atoms with Crippen LogP contribution in [0.15, 0.2) is 54.7 Å². The molecule has 0 saturated carbocycles. The quantitative estimate of drug-likeness (QED) is 0.426. The number of fused-ring (bicyclic) bond motifs is 1. The maximum absolute atomic E-state index is 6.10. The smallest absolute Gasteiger partial charge is 0.163 e. The van der Waals surface area contributed by atoms with Gasteiger partial charge in [0.05, 0.1) is 17.2 Å². The van der Waals surface area contributed by atoms with E-state index in [9.17, 15) is 0 Å². The molecule has 2 heterocycles. The summed E-state index contributed by atoms with van der Waals surface area (Å²) in [6, 6.07) is 15.3. The maximum Gasteiger partial charge on any atom is 0.163 e. The van der Waals surface area contributed by atoms with Gasteiger partial charge in [-0.25, -0.2) is 15.0 Å². The summed E-state index contributed by atoms with van der Waals surface area (Å²) in [7, 11) is 0. The van der Waals surface area contributed by atoms with E-state index in [1.807, 2.05) is 48.5 Å². The number of anilines is 2. The van der Waals surface area contributed by atoms with Crippen LogP contribution in [0.5, 0.6) is 0 Å². The standard InChI is InChI=1S/C21H18N6/c1-2-27-18-6-4-3-5-17(18)26-21(27)19-20(23)24-13-16(25-19)12-9-14-7-10-15(22)11-8-14/h3-8,10-11,13H,2,22H2,1H3,(H2,23,24). The third kappa shape index (κ3) is 3.18. The topological polar surface area (TPSA) is 95.6 Å². The molecule has 0 aliphatic carbocycles. The van der Waals surface area contributed by atoms with Gasteiger partial charge in [0.15, 0.2) is 11.6 Å². The lowest BCUT2D eigenvalue weighted by Crippen LogP contribution is -2.04. The van der Waals surface area contributed by atoms with Crippen LogP contribution < -0.4 is 11.5 Å². The highest BCUT2D eigenvalue weighted by Gasteiger charge is 2.16. The van der Waals surface area contributed by atoms with E-state index in [0.717, 1.165) is 23.1 Å². The summed E-state index contributed by atoms with van der Waals surface area (Å²) in [6.45, 7) is 2.81. The van der Waals surface area contributed by atoms with E-state index in [1.54, 1.807) is 6.20 Å². The average Bonchev–Trinajstić information content (AvgIpc) is 3.07. The second-order valence-corrected chi connectivity index (χ2v) is 6.03. The third-order valence-electron chi connectivity index (χ3n) is 4.23. The molecule has 0 fully saturated rings. The maximum atomic E-state index is 6.10. The van der Waals surface area contributed by atoms with E-state index in [0.29, 0.717) is 28.7 Å². The number of imidazole rings is 1. The van der Waals surface area contributed by atoms with Gasteiger partial charge < -0.3 is 16.0 Å². The largest absolute Gasteiger partial charge is 0.399 e. The Labute approximate surface area is 156 Å². The molecule has 0 radical (unpaired) electrons. The number of benzene rings is 2. The zero-order chi connectivity index (χ0) is 18.8. The van der Waals surface area contributed by atoms with Crippen molar-refractivity contribution in [1.82, 2.24) is 19.5 Å². The van der Waals surface area contributed by atoms with Crippen LogP contribution in [0, 0.1) is 11.8 Å². The van der Waals surface area contributed by atoms with Gasteiger partial charge in [-0.3, -0.25) is 0 Å². The lowest BCUT2D eigenvalue weighted by Gasteiger charge is -2.07. The Balaban J connectivity index is 1.79. The van der Waals surface area contributed by atoms with Crippen molar-refractivity contribution in [2.24, 2.45) is 0 Å². The molecule has 0 aliphatic rings. The summed E-state index contributed by atoms with van der Waals surface area (Å²) in [4.78, 5) is 13.6. The van der Waals surface area contributed by atoms with Gasteiger partial charge in [-0.15, -0.1) is 0 Å². The van der Waals surface area contributed by atoms with E-state index in [1.165, 1.54) is 0 Å². The summed E-state index contributed by atoms with van der Waals surface area (Å²) in [5.74, 6) is 7.12. The van der Waals surface area contributed by atoms with Crippen molar-refractivity contribution in [1.29, 1.82) is 0 Å². The molecular weight excluding hydrogens is 336 g/mol. The average molecular weight is 354 g/mol. The summed E-state index contributed by atoms with van der Waals surface area (Å²) < 4.78 is 2.08. The number of nitrogen functional groups attached to an aromatic ring is 2. The highest BCUT2D eigenvalue weighted by atomic mass is 15.1. The predicted molar refractivity (Wildman–Crippen MR) is 108 cm³/mol. The zero-order valence-corrected chi connectivity index (χ0v) is 14.8. The molecule has 2 aromatic carbocycles. The highest BCUT2D eigenvalue weighted by Crippen LogP contribution is 2.26. The van der Waals surface area contributed by atoms with Crippen molar-refractivity contribution in [2.45, 2.75) is 13.5 Å². The number of aryl methyl sites for hydroxylation is 1. The van der Waals surface area contributed by atoms with Crippen molar-refractivity contribution < 1.29 is 0 Å². The number of nitrogens with zero attached hydrogens (tertiary/aromatic N) is 4. The highest BCUT2D eigenvalue weighted by molar-refractivity contribution is 5.81. The molecule has 0 aliphatic heterocycles. The van der Waals surface area contributed by atoms with Crippen molar-refractivity contribution in [2.75, 3.05) is 11.5 Å². The Kier molecular flexibility index (Phi) is 4.19. The molecule has 27 heavy (non-hydrogen) atoms. The van der Waals surface area contributed by atoms with Gasteiger partial charge in [0.25, 0.3) is 0 Å². The molecule has 6 heteroatoms. The monoisotopic (exact) mass is 354 g/mol. The van der Waals surface area contributed by atoms with Gasteiger partial charge in [0.2, 0.25) is 0 Å². The predicted octanol–water partition coefficient (Wildman–Crippen LogP) is 3.08. The third-order valence-corrected chi connectivity index (χ3v) is 4.23. The van der Waals surface area contributed by atoms with Gasteiger partial charge in [-0.05, 0) is 49.2 Å². The fourth-order valence-electron chi connectivity index (χ4n) is 2.90. The zero-order valence-electron chi connectivity index (χ0n) is 14.8. The van der Waals surface area contributed by atoms with Crippen molar-refractivity contribution >= 4 is 22.5 Å². The number of nitrogens with two attached hydrogens (primary N) is 2. The summed E-state index contributed by atoms with van der Waals surface area (Å²) in [5.41, 5.74) is 16.4. The first-order valence-corrected chi connectivity index (χ1v) is 8.61.